The molecule has 0 aromatic heterocycles. The molecule has 3 aromatic rings. The van der Waals surface area contributed by atoms with Crippen LogP contribution in [0.4, 0.5) is 0 Å². The van der Waals surface area contributed by atoms with Crippen LogP contribution in [0.2, 0.25) is 10.0 Å². The quantitative estimate of drug-likeness (QED) is 0.380. The molecule has 0 heterocycles. The molecule has 1 amide bonds. The van der Waals surface area contributed by atoms with Crippen molar-refractivity contribution in [3.05, 3.63) is 98.4 Å². The van der Waals surface area contributed by atoms with E-state index in [1.807, 2.05) is 31.2 Å². The molecule has 0 fully saturated rings. The van der Waals surface area contributed by atoms with Crippen LogP contribution >= 0.6 is 39.1 Å². The molecule has 0 aliphatic rings. The van der Waals surface area contributed by atoms with Crippen molar-refractivity contribution in [1.29, 1.82) is 0 Å². The maximum absolute atomic E-state index is 13.3. The lowest BCUT2D eigenvalue weighted by molar-refractivity contribution is -0.122. The number of carbonyl (C=O) groups excluding carboxylic acids is 1. The molecule has 168 valence electrons. The SMILES string of the molecule is CC(NC(=O)CN(Cc1ccc(Cl)cc1Cl)S(=O)(=O)c1ccccc1)c1cccc(Br)c1. The molecule has 5 nitrogen and oxygen atoms in total. The van der Waals surface area contributed by atoms with Gasteiger partial charge in [0, 0.05) is 21.1 Å². The molecule has 1 atom stereocenters. The first-order valence-corrected chi connectivity index (χ1v) is 12.7. The first-order valence-electron chi connectivity index (χ1n) is 9.71. The van der Waals surface area contributed by atoms with Crippen LogP contribution in [0.3, 0.4) is 0 Å². The maximum Gasteiger partial charge on any atom is 0.243 e. The molecular weight excluding hydrogens is 535 g/mol. The van der Waals surface area contributed by atoms with E-state index in [1.54, 1.807) is 36.4 Å². The summed E-state index contributed by atoms with van der Waals surface area (Å²) in [6.07, 6.45) is 0. The molecule has 1 N–H and O–H groups in total. The first-order chi connectivity index (χ1) is 15.2. The molecule has 0 aliphatic heterocycles. The fourth-order valence-electron chi connectivity index (χ4n) is 3.11. The lowest BCUT2D eigenvalue weighted by Crippen LogP contribution is -2.41. The van der Waals surface area contributed by atoms with Gasteiger partial charge in [0.1, 0.15) is 0 Å². The third-order valence-corrected chi connectivity index (χ3v) is 7.68. The van der Waals surface area contributed by atoms with Gasteiger partial charge in [0.05, 0.1) is 17.5 Å². The van der Waals surface area contributed by atoms with Crippen LogP contribution in [0.25, 0.3) is 0 Å². The van der Waals surface area contributed by atoms with Crippen molar-refractivity contribution in [2.75, 3.05) is 6.54 Å². The summed E-state index contributed by atoms with van der Waals surface area (Å²) in [4.78, 5) is 12.9. The van der Waals surface area contributed by atoms with Gasteiger partial charge in [-0.05, 0) is 54.4 Å². The Morgan fingerprint density at radius 3 is 2.41 bits per heavy atom. The van der Waals surface area contributed by atoms with E-state index in [0.717, 1.165) is 14.3 Å². The van der Waals surface area contributed by atoms with Gasteiger partial charge in [-0.2, -0.15) is 4.31 Å². The van der Waals surface area contributed by atoms with Crippen LogP contribution in [0.5, 0.6) is 0 Å². The Morgan fingerprint density at radius 2 is 1.75 bits per heavy atom. The van der Waals surface area contributed by atoms with Crippen molar-refractivity contribution in [2.45, 2.75) is 24.4 Å². The topological polar surface area (TPSA) is 66.5 Å². The zero-order valence-corrected chi connectivity index (χ0v) is 21.0. The fourth-order valence-corrected chi connectivity index (χ4v) is 5.39. The van der Waals surface area contributed by atoms with Crippen molar-refractivity contribution in [1.82, 2.24) is 9.62 Å². The molecule has 32 heavy (non-hydrogen) atoms. The highest BCUT2D eigenvalue weighted by Gasteiger charge is 2.28. The van der Waals surface area contributed by atoms with Crippen molar-refractivity contribution in [2.24, 2.45) is 0 Å². The van der Waals surface area contributed by atoms with Crippen LogP contribution < -0.4 is 5.32 Å². The van der Waals surface area contributed by atoms with E-state index in [0.29, 0.717) is 15.6 Å². The Labute approximate surface area is 206 Å². The van der Waals surface area contributed by atoms with Gasteiger partial charge in [-0.25, -0.2) is 8.42 Å². The summed E-state index contributed by atoms with van der Waals surface area (Å²) in [7, 11) is -3.95. The number of nitrogens with one attached hydrogen (secondary N) is 1. The number of amides is 1. The van der Waals surface area contributed by atoms with Crippen molar-refractivity contribution in [3.8, 4) is 0 Å². The van der Waals surface area contributed by atoms with Crippen LogP contribution in [-0.4, -0.2) is 25.2 Å². The summed E-state index contributed by atoms with van der Waals surface area (Å²) in [5.41, 5.74) is 1.44. The Hall–Kier alpha value is -1.90. The summed E-state index contributed by atoms with van der Waals surface area (Å²) in [5.74, 6) is -0.429. The van der Waals surface area contributed by atoms with Gasteiger partial charge in [0.2, 0.25) is 15.9 Å². The molecule has 0 radical (unpaired) electrons. The lowest BCUT2D eigenvalue weighted by Gasteiger charge is -2.24. The highest BCUT2D eigenvalue weighted by atomic mass is 79.9. The van der Waals surface area contributed by atoms with Crippen LogP contribution in [0, 0.1) is 0 Å². The highest BCUT2D eigenvalue weighted by molar-refractivity contribution is 9.10. The fraction of sp³-hybridized carbons (Fsp3) is 0.174. The molecule has 0 spiro atoms. The number of nitrogens with zero attached hydrogens (tertiary/aromatic N) is 1. The predicted octanol–water partition coefficient (Wildman–Crippen LogP) is 5.82. The second-order valence-electron chi connectivity index (χ2n) is 7.17. The van der Waals surface area contributed by atoms with Crippen molar-refractivity contribution < 1.29 is 13.2 Å². The summed E-state index contributed by atoms with van der Waals surface area (Å²) in [6.45, 7) is 1.40. The Kier molecular flexibility index (Phi) is 8.36. The highest BCUT2D eigenvalue weighted by Crippen LogP contribution is 2.25. The van der Waals surface area contributed by atoms with Crippen LogP contribution in [0.15, 0.2) is 82.2 Å². The van der Waals surface area contributed by atoms with Crippen LogP contribution in [0.1, 0.15) is 24.1 Å². The minimum Gasteiger partial charge on any atom is -0.348 e. The molecule has 3 aromatic carbocycles. The van der Waals surface area contributed by atoms with Gasteiger partial charge >= 0.3 is 0 Å². The average molecular weight is 556 g/mol. The molecule has 0 bridgehead atoms. The number of carbonyl (C=O) groups is 1. The van der Waals surface area contributed by atoms with E-state index in [2.05, 4.69) is 21.2 Å². The van der Waals surface area contributed by atoms with Crippen molar-refractivity contribution in [3.63, 3.8) is 0 Å². The molecule has 3 rings (SSSR count). The number of sulfonamides is 1. The molecule has 0 saturated heterocycles. The number of halogens is 3. The van der Waals surface area contributed by atoms with Gasteiger partial charge in [-0.15, -0.1) is 0 Å². The summed E-state index contributed by atoms with van der Waals surface area (Å²) < 4.78 is 28.6. The second kappa shape index (κ2) is 10.8. The molecule has 1 unspecified atom stereocenters. The second-order valence-corrected chi connectivity index (χ2v) is 10.9. The zero-order valence-electron chi connectivity index (χ0n) is 17.1. The maximum atomic E-state index is 13.3. The van der Waals surface area contributed by atoms with Gasteiger partial charge in [0.25, 0.3) is 0 Å². The molecule has 0 saturated carbocycles. The molecule has 0 aliphatic carbocycles. The number of hydrogen-bond donors (Lipinski definition) is 1. The molecular formula is C23H21BrCl2N2O3S. The third-order valence-electron chi connectivity index (χ3n) is 4.79. The summed E-state index contributed by atoms with van der Waals surface area (Å²) in [5, 5.41) is 3.64. The summed E-state index contributed by atoms with van der Waals surface area (Å²) in [6, 6.07) is 20.1. The van der Waals surface area contributed by atoms with E-state index in [-0.39, 0.29) is 24.0 Å². The largest absolute Gasteiger partial charge is 0.348 e. The normalized spacial score (nSPS) is 12.5. The Morgan fingerprint density at radius 1 is 1.03 bits per heavy atom. The standard InChI is InChI=1S/C23H21BrCl2N2O3S/c1-16(17-6-5-7-19(24)12-17)27-23(29)15-28(14-18-10-11-20(25)13-22(18)26)32(30,31)21-8-3-2-4-9-21/h2-13,16H,14-15H2,1H3,(H,27,29). The van der Waals surface area contributed by atoms with Crippen molar-refractivity contribution >= 4 is 55.1 Å². The lowest BCUT2D eigenvalue weighted by atomic mass is 10.1. The Balaban J connectivity index is 1.85. The zero-order chi connectivity index (χ0) is 23.3. The number of benzene rings is 3. The van der Waals surface area contributed by atoms with E-state index >= 15 is 0 Å². The average Bonchev–Trinajstić information content (AvgIpc) is 2.75. The van der Waals surface area contributed by atoms with Gasteiger partial charge < -0.3 is 5.32 Å². The van der Waals surface area contributed by atoms with Gasteiger partial charge in [0.15, 0.2) is 0 Å². The van der Waals surface area contributed by atoms with E-state index in [1.165, 1.54) is 12.1 Å². The van der Waals surface area contributed by atoms with E-state index in [4.69, 9.17) is 23.2 Å². The third kappa shape index (κ3) is 6.33. The minimum absolute atomic E-state index is 0.0775. The molecule has 9 heteroatoms. The van der Waals surface area contributed by atoms with Crippen LogP contribution in [-0.2, 0) is 21.4 Å². The number of rotatable bonds is 8. The van der Waals surface area contributed by atoms with E-state index < -0.39 is 15.9 Å². The monoisotopic (exact) mass is 554 g/mol. The van der Waals surface area contributed by atoms with Gasteiger partial charge in [-0.1, -0.05) is 75.5 Å². The van der Waals surface area contributed by atoms with E-state index in [9.17, 15) is 13.2 Å². The van der Waals surface area contributed by atoms with Gasteiger partial charge in [-0.3, -0.25) is 4.79 Å². The summed E-state index contributed by atoms with van der Waals surface area (Å²) >= 11 is 15.7. The smallest absolute Gasteiger partial charge is 0.243 e. The Bertz CT molecular complexity index is 1210. The number of hydrogen-bond acceptors (Lipinski definition) is 3. The predicted molar refractivity (Wildman–Crippen MR) is 131 cm³/mol. The minimum atomic E-state index is -3.95. The first kappa shape index (κ1) is 24.7.